The van der Waals surface area contributed by atoms with E-state index in [0.29, 0.717) is 5.39 Å². The van der Waals surface area contributed by atoms with Crippen LogP contribution in [-0.2, 0) is 0 Å². The number of nitrogens with zero attached hydrogens (tertiary/aromatic N) is 3. The number of para-hydroxylation sites is 1. The molecular formula is C21H21N5O. The van der Waals surface area contributed by atoms with Gasteiger partial charge >= 0.3 is 0 Å². The van der Waals surface area contributed by atoms with Crippen LogP contribution < -0.4 is 15.8 Å². The quantitative estimate of drug-likeness (QED) is 0.577. The molecule has 0 unspecified atom stereocenters. The third kappa shape index (κ3) is 2.61. The van der Waals surface area contributed by atoms with Crippen molar-refractivity contribution in [1.82, 2.24) is 20.1 Å². The summed E-state index contributed by atoms with van der Waals surface area (Å²) in [5, 5.41) is 8.31. The van der Waals surface area contributed by atoms with Gasteiger partial charge in [-0.15, -0.1) is 0 Å². The van der Waals surface area contributed by atoms with E-state index in [-0.39, 0.29) is 5.56 Å². The average molecular weight is 359 g/mol. The largest absolute Gasteiger partial charge is 0.367 e. The zero-order chi connectivity index (χ0) is 18.4. The summed E-state index contributed by atoms with van der Waals surface area (Å²) < 4.78 is 1.60. The summed E-state index contributed by atoms with van der Waals surface area (Å²) in [4.78, 5) is 20.0. The second-order valence-corrected chi connectivity index (χ2v) is 7.05. The Balaban J connectivity index is 1.78. The number of H-pyrrole nitrogens is 1. The molecule has 0 radical (unpaired) electrons. The Kier molecular flexibility index (Phi) is 3.72. The molecule has 0 atom stereocenters. The summed E-state index contributed by atoms with van der Waals surface area (Å²) >= 11 is 0. The van der Waals surface area contributed by atoms with Gasteiger partial charge < -0.3 is 10.2 Å². The fraction of sp³-hybridized carbons (Fsp3) is 0.238. The number of hydrogen-bond donors (Lipinski definition) is 2. The third-order valence-electron chi connectivity index (χ3n) is 5.22. The summed E-state index contributed by atoms with van der Waals surface area (Å²) in [6.07, 6.45) is 1.71. The molecule has 5 rings (SSSR count). The first kappa shape index (κ1) is 16.1. The molecule has 0 spiro atoms. The maximum atomic E-state index is 12.9. The molecule has 27 heavy (non-hydrogen) atoms. The Labute approximate surface area is 156 Å². The maximum absolute atomic E-state index is 12.9. The molecule has 1 aliphatic rings. The van der Waals surface area contributed by atoms with E-state index in [9.17, 15) is 4.79 Å². The van der Waals surface area contributed by atoms with Crippen molar-refractivity contribution in [1.29, 1.82) is 0 Å². The highest BCUT2D eigenvalue weighted by molar-refractivity contribution is 6.07. The first-order valence-corrected chi connectivity index (χ1v) is 9.27. The summed E-state index contributed by atoms with van der Waals surface area (Å²) in [5.41, 5.74) is 4.84. The van der Waals surface area contributed by atoms with Gasteiger partial charge in [0, 0.05) is 37.8 Å². The van der Waals surface area contributed by atoms with Crippen LogP contribution in [0.15, 0.2) is 53.5 Å². The van der Waals surface area contributed by atoms with Crippen molar-refractivity contribution in [2.75, 3.05) is 31.1 Å². The molecule has 0 saturated carbocycles. The van der Waals surface area contributed by atoms with Crippen molar-refractivity contribution in [2.24, 2.45) is 0 Å². The number of aromatic amines is 1. The lowest BCUT2D eigenvalue weighted by atomic mass is 10.1. The predicted molar refractivity (Wildman–Crippen MR) is 109 cm³/mol. The van der Waals surface area contributed by atoms with Crippen LogP contribution in [0.4, 0.5) is 5.69 Å². The molecule has 6 heteroatoms. The van der Waals surface area contributed by atoms with Crippen molar-refractivity contribution >= 4 is 27.5 Å². The van der Waals surface area contributed by atoms with Gasteiger partial charge in [0.1, 0.15) is 0 Å². The lowest BCUT2D eigenvalue weighted by Crippen LogP contribution is -2.43. The summed E-state index contributed by atoms with van der Waals surface area (Å²) in [6.45, 7) is 5.95. The van der Waals surface area contributed by atoms with Crippen molar-refractivity contribution in [2.45, 2.75) is 6.92 Å². The van der Waals surface area contributed by atoms with Gasteiger partial charge in [0.2, 0.25) is 0 Å². The van der Waals surface area contributed by atoms with Crippen molar-refractivity contribution in [3.8, 4) is 5.69 Å². The Morgan fingerprint density at radius 1 is 1.04 bits per heavy atom. The minimum Gasteiger partial charge on any atom is -0.367 e. The Bertz CT molecular complexity index is 1190. The molecule has 0 aliphatic carbocycles. The first-order chi connectivity index (χ1) is 13.2. The number of benzene rings is 2. The number of pyridine rings is 1. The Morgan fingerprint density at radius 3 is 2.59 bits per heavy atom. The van der Waals surface area contributed by atoms with Gasteiger partial charge in [-0.1, -0.05) is 18.2 Å². The molecule has 1 fully saturated rings. The third-order valence-corrected chi connectivity index (χ3v) is 5.22. The highest BCUT2D eigenvalue weighted by Crippen LogP contribution is 2.31. The number of piperazine rings is 1. The molecular weight excluding hydrogens is 338 g/mol. The lowest BCUT2D eigenvalue weighted by Gasteiger charge is -2.30. The van der Waals surface area contributed by atoms with Crippen LogP contribution >= 0.6 is 0 Å². The van der Waals surface area contributed by atoms with E-state index in [2.05, 4.69) is 34.4 Å². The van der Waals surface area contributed by atoms with Crippen LogP contribution in [0.2, 0.25) is 0 Å². The summed E-state index contributed by atoms with van der Waals surface area (Å²) in [6, 6.07) is 13.9. The van der Waals surface area contributed by atoms with Crippen LogP contribution in [0.25, 0.3) is 27.5 Å². The average Bonchev–Trinajstić information content (AvgIpc) is 3.06. The van der Waals surface area contributed by atoms with Gasteiger partial charge in [-0.25, -0.2) is 4.68 Å². The summed E-state index contributed by atoms with van der Waals surface area (Å²) in [7, 11) is 0. The van der Waals surface area contributed by atoms with Gasteiger partial charge in [0.05, 0.1) is 27.8 Å². The molecule has 1 aliphatic heterocycles. The van der Waals surface area contributed by atoms with Crippen LogP contribution in [0, 0.1) is 6.92 Å². The second kappa shape index (κ2) is 6.25. The fourth-order valence-electron chi connectivity index (χ4n) is 3.90. The predicted octanol–water partition coefficient (Wildman–Crippen LogP) is 2.59. The molecule has 0 amide bonds. The number of aryl methyl sites for hydroxylation is 1. The summed E-state index contributed by atoms with van der Waals surface area (Å²) in [5.74, 6) is 0. The minimum atomic E-state index is -0.0733. The Hall–Kier alpha value is -3.12. The van der Waals surface area contributed by atoms with Gasteiger partial charge in [-0.05, 0) is 36.8 Å². The molecule has 136 valence electrons. The number of aromatic nitrogens is 3. The van der Waals surface area contributed by atoms with E-state index in [4.69, 9.17) is 4.98 Å². The van der Waals surface area contributed by atoms with Gasteiger partial charge in [0.15, 0.2) is 0 Å². The standard InChI is InChI=1S/C21H21N5O/c1-14-11-16-19-17(21(27)26(24-19)15-5-3-2-4-6-15)13-23-20(16)18(12-14)25-9-7-22-8-10-25/h2-6,11-13,22,24H,7-10H2,1H3. The normalized spacial score (nSPS) is 14.9. The monoisotopic (exact) mass is 359 g/mol. The van der Waals surface area contributed by atoms with E-state index in [0.717, 1.165) is 54.0 Å². The highest BCUT2D eigenvalue weighted by atomic mass is 16.1. The van der Waals surface area contributed by atoms with Gasteiger partial charge in [0.25, 0.3) is 5.56 Å². The maximum Gasteiger partial charge on any atom is 0.280 e. The lowest BCUT2D eigenvalue weighted by molar-refractivity contribution is 0.590. The van der Waals surface area contributed by atoms with E-state index in [1.807, 2.05) is 30.3 Å². The van der Waals surface area contributed by atoms with Crippen LogP contribution in [0.3, 0.4) is 0 Å². The van der Waals surface area contributed by atoms with E-state index >= 15 is 0 Å². The number of nitrogens with one attached hydrogen (secondary N) is 2. The molecule has 4 aromatic rings. The number of anilines is 1. The topological polar surface area (TPSA) is 66.0 Å². The molecule has 0 bridgehead atoms. The second-order valence-electron chi connectivity index (χ2n) is 7.05. The minimum absolute atomic E-state index is 0.0733. The molecule has 2 N–H and O–H groups in total. The first-order valence-electron chi connectivity index (χ1n) is 9.27. The fourth-order valence-corrected chi connectivity index (χ4v) is 3.90. The van der Waals surface area contributed by atoms with Crippen molar-refractivity contribution < 1.29 is 0 Å². The molecule has 2 aromatic carbocycles. The van der Waals surface area contributed by atoms with Crippen molar-refractivity contribution in [3.05, 3.63) is 64.6 Å². The molecule has 3 heterocycles. The number of rotatable bonds is 2. The molecule has 2 aromatic heterocycles. The highest BCUT2D eigenvalue weighted by Gasteiger charge is 2.18. The van der Waals surface area contributed by atoms with E-state index < -0.39 is 0 Å². The van der Waals surface area contributed by atoms with Crippen LogP contribution in [0.1, 0.15) is 5.56 Å². The SMILES string of the molecule is Cc1cc(N2CCNCC2)c2ncc3c(=O)n(-c4ccccc4)[nH]c3c2c1. The smallest absolute Gasteiger partial charge is 0.280 e. The van der Waals surface area contributed by atoms with Crippen molar-refractivity contribution in [3.63, 3.8) is 0 Å². The Morgan fingerprint density at radius 2 is 1.81 bits per heavy atom. The van der Waals surface area contributed by atoms with Gasteiger partial charge in [-0.3, -0.25) is 14.9 Å². The van der Waals surface area contributed by atoms with Crippen LogP contribution in [-0.4, -0.2) is 40.9 Å². The van der Waals surface area contributed by atoms with Crippen LogP contribution in [0.5, 0.6) is 0 Å². The molecule has 6 nitrogen and oxygen atoms in total. The van der Waals surface area contributed by atoms with E-state index in [1.165, 1.54) is 5.56 Å². The van der Waals surface area contributed by atoms with Gasteiger partial charge in [-0.2, -0.15) is 0 Å². The zero-order valence-electron chi connectivity index (χ0n) is 15.2. The number of hydrogen-bond acceptors (Lipinski definition) is 4. The zero-order valence-corrected chi connectivity index (χ0v) is 15.2. The molecule has 1 saturated heterocycles. The number of fused-ring (bicyclic) bond motifs is 3. The van der Waals surface area contributed by atoms with E-state index in [1.54, 1.807) is 10.9 Å².